The lowest BCUT2D eigenvalue weighted by Crippen LogP contribution is -2.36. The number of nitrogens with zero attached hydrogens (tertiary/aromatic N) is 1. The molecule has 4 nitrogen and oxygen atoms in total. The highest BCUT2D eigenvalue weighted by Gasteiger charge is 2.35. The third-order valence-electron chi connectivity index (χ3n) is 3.16. The van der Waals surface area contributed by atoms with E-state index >= 15 is 0 Å². The van der Waals surface area contributed by atoms with E-state index < -0.39 is 23.2 Å². The highest BCUT2D eigenvalue weighted by atomic mass is 19.4. The van der Waals surface area contributed by atoms with Gasteiger partial charge in [0.2, 0.25) is 0 Å². The molecule has 0 radical (unpaired) electrons. The average Bonchev–Trinajstić information content (AvgIpc) is 2.66. The van der Waals surface area contributed by atoms with Gasteiger partial charge in [0.15, 0.2) is 0 Å². The summed E-state index contributed by atoms with van der Waals surface area (Å²) in [6.07, 6.45) is -0.636. The van der Waals surface area contributed by atoms with Crippen LogP contribution in [0.1, 0.15) is 35.2 Å². The van der Waals surface area contributed by atoms with Gasteiger partial charge in [-0.15, -0.1) is 0 Å². The van der Waals surface area contributed by atoms with Gasteiger partial charge >= 0.3 is 6.18 Å². The topological polar surface area (TPSA) is 51.2 Å². The standard InChI is InChI=1S/C13H15F3N2O2/c14-13(15,16)11-8-17-5-3-10(11)12(19)18-9-2-1-6-20-7-4-9/h3,5,8-9H,1-2,4,6-7H2,(H,18,19)/t9-/m0/s1. The normalized spacial score (nSPS) is 20.2. The number of rotatable bonds is 2. The van der Waals surface area contributed by atoms with Crippen molar-refractivity contribution in [2.45, 2.75) is 31.5 Å². The van der Waals surface area contributed by atoms with Gasteiger partial charge in [0.1, 0.15) is 0 Å². The monoisotopic (exact) mass is 288 g/mol. The molecule has 0 bridgehead atoms. The predicted molar refractivity (Wildman–Crippen MR) is 65.2 cm³/mol. The van der Waals surface area contributed by atoms with Crippen LogP contribution < -0.4 is 5.32 Å². The first-order chi connectivity index (χ1) is 9.48. The smallest absolute Gasteiger partial charge is 0.381 e. The zero-order chi connectivity index (χ0) is 14.6. The molecule has 1 amide bonds. The second kappa shape index (κ2) is 6.21. The molecule has 1 saturated heterocycles. The Kier molecular flexibility index (Phi) is 4.59. The number of pyridine rings is 1. The first-order valence-corrected chi connectivity index (χ1v) is 6.38. The van der Waals surface area contributed by atoms with Crippen LogP contribution in [0.3, 0.4) is 0 Å². The number of amides is 1. The van der Waals surface area contributed by atoms with Gasteiger partial charge in [-0.25, -0.2) is 0 Å². The Morgan fingerprint density at radius 1 is 1.35 bits per heavy atom. The summed E-state index contributed by atoms with van der Waals surface area (Å²) >= 11 is 0. The molecular formula is C13H15F3N2O2. The summed E-state index contributed by atoms with van der Waals surface area (Å²) in [6, 6.07) is 0.935. The first-order valence-electron chi connectivity index (χ1n) is 6.38. The molecule has 2 heterocycles. The van der Waals surface area contributed by atoms with Gasteiger partial charge in [-0.2, -0.15) is 13.2 Å². The Labute approximate surface area is 114 Å². The second-order valence-corrected chi connectivity index (χ2v) is 4.63. The van der Waals surface area contributed by atoms with E-state index in [1.54, 1.807) is 0 Å². The summed E-state index contributed by atoms with van der Waals surface area (Å²) in [5.41, 5.74) is -1.40. The summed E-state index contributed by atoms with van der Waals surface area (Å²) in [7, 11) is 0. The van der Waals surface area contributed by atoms with Crippen LogP contribution >= 0.6 is 0 Å². The van der Waals surface area contributed by atoms with Crippen molar-refractivity contribution in [1.82, 2.24) is 10.3 Å². The zero-order valence-corrected chi connectivity index (χ0v) is 10.7. The molecule has 20 heavy (non-hydrogen) atoms. The van der Waals surface area contributed by atoms with Crippen LogP contribution in [0.2, 0.25) is 0 Å². The predicted octanol–water partition coefficient (Wildman–Crippen LogP) is 2.40. The highest BCUT2D eigenvalue weighted by molar-refractivity contribution is 5.95. The fourth-order valence-electron chi connectivity index (χ4n) is 2.13. The van der Waals surface area contributed by atoms with Crippen LogP contribution in [0.15, 0.2) is 18.5 Å². The molecule has 1 fully saturated rings. The van der Waals surface area contributed by atoms with E-state index in [0.717, 1.165) is 12.5 Å². The molecule has 0 unspecified atom stereocenters. The summed E-state index contributed by atoms with van der Waals surface area (Å²) in [5, 5.41) is 2.64. The van der Waals surface area contributed by atoms with E-state index in [0.29, 0.717) is 32.3 Å². The molecule has 0 saturated carbocycles. The van der Waals surface area contributed by atoms with E-state index in [4.69, 9.17) is 4.74 Å². The molecule has 1 aromatic rings. The van der Waals surface area contributed by atoms with Crippen LogP contribution in [0, 0.1) is 0 Å². The molecular weight excluding hydrogens is 273 g/mol. The van der Waals surface area contributed by atoms with Gasteiger partial charge in [0, 0.05) is 31.6 Å². The van der Waals surface area contributed by atoms with Crippen molar-refractivity contribution in [2.24, 2.45) is 0 Å². The number of alkyl halides is 3. The van der Waals surface area contributed by atoms with Crippen molar-refractivity contribution in [3.05, 3.63) is 29.6 Å². The van der Waals surface area contributed by atoms with Gasteiger partial charge in [0.05, 0.1) is 11.1 Å². The lowest BCUT2D eigenvalue weighted by atomic mass is 10.1. The SMILES string of the molecule is O=C(N[C@H]1CCCOCC1)c1ccncc1C(F)(F)F. The first kappa shape index (κ1) is 14.8. The van der Waals surface area contributed by atoms with Gasteiger partial charge in [0.25, 0.3) is 5.91 Å². The largest absolute Gasteiger partial charge is 0.418 e. The minimum Gasteiger partial charge on any atom is -0.381 e. The summed E-state index contributed by atoms with van der Waals surface area (Å²) in [6.45, 7) is 1.13. The van der Waals surface area contributed by atoms with Crippen molar-refractivity contribution >= 4 is 5.91 Å². The maximum absolute atomic E-state index is 12.8. The molecule has 0 spiro atoms. The second-order valence-electron chi connectivity index (χ2n) is 4.63. The molecule has 0 aromatic carbocycles. The van der Waals surface area contributed by atoms with Gasteiger partial charge in [-0.3, -0.25) is 9.78 Å². The van der Waals surface area contributed by atoms with Gasteiger partial charge in [-0.1, -0.05) is 0 Å². The number of hydrogen-bond donors (Lipinski definition) is 1. The van der Waals surface area contributed by atoms with Gasteiger partial charge < -0.3 is 10.1 Å². The van der Waals surface area contributed by atoms with Crippen LogP contribution in [0.4, 0.5) is 13.2 Å². The van der Waals surface area contributed by atoms with E-state index in [-0.39, 0.29) is 6.04 Å². The van der Waals surface area contributed by atoms with E-state index in [9.17, 15) is 18.0 Å². The van der Waals surface area contributed by atoms with Gasteiger partial charge in [-0.05, 0) is 25.3 Å². The van der Waals surface area contributed by atoms with Crippen molar-refractivity contribution in [1.29, 1.82) is 0 Å². The number of carbonyl (C=O) groups is 1. The zero-order valence-electron chi connectivity index (χ0n) is 10.7. The van der Waals surface area contributed by atoms with Crippen LogP contribution in [-0.2, 0) is 10.9 Å². The van der Waals surface area contributed by atoms with Crippen molar-refractivity contribution in [2.75, 3.05) is 13.2 Å². The molecule has 1 atom stereocenters. The molecule has 1 aromatic heterocycles. The van der Waals surface area contributed by atoms with Crippen LogP contribution in [0.5, 0.6) is 0 Å². The maximum Gasteiger partial charge on any atom is 0.418 e. The highest BCUT2D eigenvalue weighted by Crippen LogP contribution is 2.31. The molecule has 0 aliphatic carbocycles. The number of hydrogen-bond acceptors (Lipinski definition) is 3. The fraction of sp³-hybridized carbons (Fsp3) is 0.538. The van der Waals surface area contributed by atoms with Crippen molar-refractivity contribution in [3.63, 3.8) is 0 Å². The van der Waals surface area contributed by atoms with Crippen molar-refractivity contribution in [3.8, 4) is 0 Å². The molecule has 1 aliphatic heterocycles. The van der Waals surface area contributed by atoms with Crippen LogP contribution in [-0.4, -0.2) is 30.1 Å². The lowest BCUT2D eigenvalue weighted by molar-refractivity contribution is -0.138. The Balaban J connectivity index is 2.13. The van der Waals surface area contributed by atoms with E-state index in [1.165, 1.54) is 6.20 Å². The quantitative estimate of drug-likeness (QED) is 0.909. The number of halogens is 3. The Hall–Kier alpha value is -1.63. The molecule has 1 N–H and O–H groups in total. The molecule has 110 valence electrons. The number of carbonyl (C=O) groups excluding carboxylic acids is 1. The number of nitrogens with one attached hydrogen (secondary N) is 1. The molecule has 1 aliphatic rings. The lowest BCUT2D eigenvalue weighted by Gasteiger charge is -2.17. The third-order valence-corrected chi connectivity index (χ3v) is 3.16. The Bertz CT molecular complexity index is 469. The third kappa shape index (κ3) is 3.69. The molecule has 2 rings (SSSR count). The average molecular weight is 288 g/mol. The fourth-order valence-corrected chi connectivity index (χ4v) is 2.13. The summed E-state index contributed by atoms with van der Waals surface area (Å²) < 4.78 is 43.7. The van der Waals surface area contributed by atoms with E-state index in [2.05, 4.69) is 10.3 Å². The minimum absolute atomic E-state index is 0.153. The summed E-state index contributed by atoms with van der Waals surface area (Å²) in [4.78, 5) is 15.4. The van der Waals surface area contributed by atoms with E-state index in [1.807, 2.05) is 0 Å². The molecule has 7 heteroatoms. The summed E-state index contributed by atoms with van der Waals surface area (Å²) in [5.74, 6) is -0.716. The van der Waals surface area contributed by atoms with Crippen molar-refractivity contribution < 1.29 is 22.7 Å². The Morgan fingerprint density at radius 3 is 2.90 bits per heavy atom. The number of ether oxygens (including phenoxy) is 1. The minimum atomic E-state index is -4.59. The van der Waals surface area contributed by atoms with Crippen LogP contribution in [0.25, 0.3) is 0 Å². The maximum atomic E-state index is 12.8. The number of aromatic nitrogens is 1. The Morgan fingerprint density at radius 2 is 2.15 bits per heavy atom.